The van der Waals surface area contributed by atoms with Crippen molar-refractivity contribution < 1.29 is 0 Å². The van der Waals surface area contributed by atoms with Crippen molar-refractivity contribution in [3.05, 3.63) is 30.3 Å². The van der Waals surface area contributed by atoms with Gasteiger partial charge in [0, 0.05) is 18.8 Å². The van der Waals surface area contributed by atoms with E-state index >= 15 is 0 Å². The van der Waals surface area contributed by atoms with Crippen molar-refractivity contribution in [2.75, 3.05) is 18.0 Å². The monoisotopic (exact) mass is 246 g/mol. The molecule has 0 amide bonds. The van der Waals surface area contributed by atoms with Gasteiger partial charge in [0.2, 0.25) is 0 Å². The van der Waals surface area contributed by atoms with Crippen LogP contribution in [-0.4, -0.2) is 13.1 Å². The van der Waals surface area contributed by atoms with Crippen LogP contribution in [0.3, 0.4) is 0 Å². The van der Waals surface area contributed by atoms with E-state index in [-0.39, 0.29) is 6.15 Å². The highest BCUT2D eigenvalue weighted by atomic mass is 15.1. The summed E-state index contributed by atoms with van der Waals surface area (Å²) in [6, 6.07) is 10.9. The van der Waals surface area contributed by atoms with Gasteiger partial charge in [0.25, 0.3) is 0 Å². The molecule has 18 heavy (non-hydrogen) atoms. The molecule has 1 spiro atoms. The maximum absolute atomic E-state index is 2.57. The molecule has 0 radical (unpaired) electrons. The normalized spacial score (nSPS) is 22.6. The smallest absolute Gasteiger partial charge is 0.0366 e. The van der Waals surface area contributed by atoms with Gasteiger partial charge in [-0.25, -0.2) is 0 Å². The third kappa shape index (κ3) is 2.69. The number of hydrogen-bond acceptors (Lipinski definition) is 2. The third-order valence-corrected chi connectivity index (χ3v) is 4.86. The van der Waals surface area contributed by atoms with Gasteiger partial charge in [-0.05, 0) is 43.2 Å². The summed E-state index contributed by atoms with van der Waals surface area (Å²) in [5.41, 5.74) is 2.14. The van der Waals surface area contributed by atoms with Gasteiger partial charge in [0.1, 0.15) is 0 Å². The van der Waals surface area contributed by atoms with E-state index in [0.717, 1.165) is 5.41 Å². The highest BCUT2D eigenvalue weighted by molar-refractivity contribution is 5.46. The molecule has 1 aromatic rings. The lowest BCUT2D eigenvalue weighted by Gasteiger charge is -2.45. The van der Waals surface area contributed by atoms with Gasteiger partial charge >= 0.3 is 0 Å². The minimum atomic E-state index is 0. The fourth-order valence-electron chi connectivity index (χ4n) is 3.68. The average Bonchev–Trinajstić information content (AvgIpc) is 2.42. The topological polar surface area (TPSA) is 38.2 Å². The van der Waals surface area contributed by atoms with Gasteiger partial charge < -0.3 is 11.1 Å². The molecule has 2 fully saturated rings. The van der Waals surface area contributed by atoms with E-state index in [1.54, 1.807) is 0 Å². The fraction of sp³-hybridized carbons (Fsp3) is 0.625. The number of piperidine rings is 1. The van der Waals surface area contributed by atoms with Crippen molar-refractivity contribution in [3.63, 3.8) is 0 Å². The number of hydrogen-bond donors (Lipinski definition) is 1. The Kier molecular flexibility index (Phi) is 4.28. The molecule has 1 aromatic carbocycles. The van der Waals surface area contributed by atoms with E-state index in [9.17, 15) is 0 Å². The van der Waals surface area contributed by atoms with Gasteiger partial charge in [-0.2, -0.15) is 0 Å². The number of rotatable bonds is 1. The van der Waals surface area contributed by atoms with E-state index in [2.05, 4.69) is 35.2 Å². The van der Waals surface area contributed by atoms with Gasteiger partial charge in [0.15, 0.2) is 0 Å². The van der Waals surface area contributed by atoms with Crippen molar-refractivity contribution in [1.82, 2.24) is 6.15 Å². The highest BCUT2D eigenvalue weighted by Gasteiger charge is 2.35. The first-order valence-electron chi connectivity index (χ1n) is 7.18. The second kappa shape index (κ2) is 5.75. The van der Waals surface area contributed by atoms with Crippen LogP contribution in [0, 0.1) is 5.41 Å². The van der Waals surface area contributed by atoms with E-state index in [0.29, 0.717) is 0 Å². The Morgan fingerprint density at radius 2 is 1.39 bits per heavy atom. The highest BCUT2D eigenvalue weighted by Crippen LogP contribution is 2.44. The fourth-order valence-corrected chi connectivity index (χ4v) is 3.68. The lowest BCUT2D eigenvalue weighted by molar-refractivity contribution is 0.144. The zero-order chi connectivity index (χ0) is 11.6. The first kappa shape index (κ1) is 13.4. The van der Waals surface area contributed by atoms with Crippen LogP contribution in [0.2, 0.25) is 0 Å². The van der Waals surface area contributed by atoms with E-state index in [1.165, 1.54) is 63.7 Å². The van der Waals surface area contributed by atoms with Crippen molar-refractivity contribution in [2.24, 2.45) is 5.41 Å². The summed E-state index contributed by atoms with van der Waals surface area (Å²) < 4.78 is 0. The first-order valence-corrected chi connectivity index (χ1v) is 7.18. The molecule has 1 heterocycles. The molecule has 3 rings (SSSR count). The lowest BCUT2D eigenvalue weighted by Crippen LogP contribution is -2.41. The van der Waals surface area contributed by atoms with Gasteiger partial charge in [-0.3, -0.25) is 0 Å². The molecule has 3 N–H and O–H groups in total. The minimum Gasteiger partial charge on any atom is -0.371 e. The summed E-state index contributed by atoms with van der Waals surface area (Å²) in [4.78, 5) is 2.57. The summed E-state index contributed by atoms with van der Waals surface area (Å²) in [7, 11) is 0. The number of nitrogens with zero attached hydrogens (tertiary/aromatic N) is 1. The standard InChI is InChI=1S/C16H23N.H3N/c1-3-7-15(8-4-1)17-13-11-16(12-14-17)9-5-2-6-10-16;/h1,3-4,7-8H,2,5-6,9-14H2;1H3. The van der Waals surface area contributed by atoms with Gasteiger partial charge in [0.05, 0.1) is 0 Å². The van der Waals surface area contributed by atoms with Crippen LogP contribution in [0.1, 0.15) is 44.9 Å². The van der Waals surface area contributed by atoms with Crippen molar-refractivity contribution in [1.29, 1.82) is 0 Å². The first-order chi connectivity index (χ1) is 8.38. The molecule has 100 valence electrons. The summed E-state index contributed by atoms with van der Waals surface area (Å²) in [5.74, 6) is 0. The minimum absolute atomic E-state index is 0. The number of anilines is 1. The Morgan fingerprint density at radius 3 is 2.00 bits per heavy atom. The molecule has 1 aliphatic carbocycles. The summed E-state index contributed by atoms with van der Waals surface area (Å²) in [6.45, 7) is 2.54. The van der Waals surface area contributed by atoms with Crippen LogP contribution < -0.4 is 11.1 Å². The average molecular weight is 246 g/mol. The van der Waals surface area contributed by atoms with Crippen LogP contribution >= 0.6 is 0 Å². The molecule has 2 nitrogen and oxygen atoms in total. The third-order valence-electron chi connectivity index (χ3n) is 4.86. The van der Waals surface area contributed by atoms with E-state index in [1.807, 2.05) is 0 Å². The van der Waals surface area contributed by atoms with Crippen molar-refractivity contribution in [3.8, 4) is 0 Å². The Bertz CT molecular complexity index is 345. The second-order valence-corrected chi connectivity index (χ2v) is 5.88. The van der Waals surface area contributed by atoms with Gasteiger partial charge in [-0.1, -0.05) is 37.5 Å². The largest absolute Gasteiger partial charge is 0.371 e. The quantitative estimate of drug-likeness (QED) is 0.797. The molecule has 2 heteroatoms. The number of para-hydroxylation sites is 1. The summed E-state index contributed by atoms with van der Waals surface area (Å²) in [5, 5.41) is 0. The van der Waals surface area contributed by atoms with E-state index in [4.69, 9.17) is 0 Å². The van der Waals surface area contributed by atoms with Crippen LogP contribution in [0.4, 0.5) is 5.69 Å². The Balaban J connectivity index is 0.00000120. The predicted molar refractivity (Wildman–Crippen MR) is 78.4 cm³/mol. The Hall–Kier alpha value is -1.02. The Morgan fingerprint density at radius 1 is 0.778 bits per heavy atom. The zero-order valence-electron chi connectivity index (χ0n) is 11.4. The maximum Gasteiger partial charge on any atom is 0.0366 e. The van der Waals surface area contributed by atoms with Crippen LogP contribution in [0.5, 0.6) is 0 Å². The van der Waals surface area contributed by atoms with Crippen molar-refractivity contribution in [2.45, 2.75) is 44.9 Å². The molecule has 0 atom stereocenters. The van der Waals surface area contributed by atoms with Gasteiger partial charge in [-0.15, -0.1) is 0 Å². The van der Waals surface area contributed by atoms with E-state index < -0.39 is 0 Å². The molecule has 1 saturated heterocycles. The zero-order valence-corrected chi connectivity index (χ0v) is 11.4. The second-order valence-electron chi connectivity index (χ2n) is 5.88. The molecule has 0 aromatic heterocycles. The molecule has 2 aliphatic rings. The van der Waals surface area contributed by atoms with Crippen LogP contribution in [0.25, 0.3) is 0 Å². The van der Waals surface area contributed by atoms with Crippen LogP contribution in [0.15, 0.2) is 30.3 Å². The maximum atomic E-state index is 2.57. The predicted octanol–water partition coefficient (Wildman–Crippen LogP) is 4.40. The number of benzene rings is 1. The lowest BCUT2D eigenvalue weighted by atomic mass is 9.68. The molecule has 1 aliphatic heterocycles. The molecule has 0 bridgehead atoms. The summed E-state index contributed by atoms with van der Waals surface area (Å²) >= 11 is 0. The SMILES string of the molecule is N.c1ccc(N2CCC3(CCCCC3)CC2)cc1. The van der Waals surface area contributed by atoms with Crippen LogP contribution in [-0.2, 0) is 0 Å². The van der Waals surface area contributed by atoms with Crippen molar-refractivity contribution >= 4 is 5.69 Å². The summed E-state index contributed by atoms with van der Waals surface area (Å²) in [6.07, 6.45) is 10.3. The molecular weight excluding hydrogens is 220 g/mol. The molecular formula is C16H26N2. The molecule has 0 unspecified atom stereocenters. The molecule has 1 saturated carbocycles. The Labute approximate surface area is 111 Å².